The number of carbonyl (C=O) groups excluding carboxylic acids is 1. The molecular formula is C12H15F3N2OS. The van der Waals surface area contributed by atoms with Crippen LogP contribution in [0.1, 0.15) is 40.4 Å². The van der Waals surface area contributed by atoms with Crippen molar-refractivity contribution in [2.75, 3.05) is 14.1 Å². The van der Waals surface area contributed by atoms with Crippen molar-refractivity contribution in [1.29, 1.82) is 0 Å². The SMILES string of the molecule is CN(C)C1(C(=O)c2cnc(C(F)(F)F)s2)CCCC1. The molecule has 7 heteroatoms. The molecule has 0 spiro atoms. The van der Waals surface area contributed by atoms with Crippen molar-refractivity contribution in [1.82, 2.24) is 9.88 Å². The van der Waals surface area contributed by atoms with Gasteiger partial charge in [0.1, 0.15) is 0 Å². The monoisotopic (exact) mass is 292 g/mol. The lowest BCUT2D eigenvalue weighted by molar-refractivity contribution is -0.137. The molecule has 106 valence electrons. The first-order chi connectivity index (χ1) is 8.77. The molecule has 1 aliphatic carbocycles. The predicted octanol–water partition coefficient (Wildman–Crippen LogP) is 3.22. The molecule has 0 aromatic carbocycles. The van der Waals surface area contributed by atoms with Gasteiger partial charge in [0.05, 0.1) is 10.4 Å². The molecule has 2 rings (SSSR count). The average molecular weight is 292 g/mol. The number of nitrogens with zero attached hydrogens (tertiary/aromatic N) is 2. The van der Waals surface area contributed by atoms with Gasteiger partial charge in [-0.25, -0.2) is 4.98 Å². The number of aromatic nitrogens is 1. The van der Waals surface area contributed by atoms with E-state index in [1.807, 2.05) is 4.90 Å². The van der Waals surface area contributed by atoms with Gasteiger partial charge in [0.25, 0.3) is 0 Å². The van der Waals surface area contributed by atoms with Gasteiger partial charge in [0.2, 0.25) is 0 Å². The van der Waals surface area contributed by atoms with E-state index in [0.717, 1.165) is 19.0 Å². The number of alkyl halides is 3. The number of carbonyl (C=O) groups is 1. The Labute approximate surface area is 113 Å². The van der Waals surface area contributed by atoms with Gasteiger partial charge in [-0.1, -0.05) is 12.8 Å². The maximum Gasteiger partial charge on any atom is 0.443 e. The van der Waals surface area contributed by atoms with Crippen LogP contribution in [0.25, 0.3) is 0 Å². The van der Waals surface area contributed by atoms with Crippen LogP contribution in [-0.2, 0) is 6.18 Å². The second kappa shape index (κ2) is 4.86. The van der Waals surface area contributed by atoms with Crippen LogP contribution in [-0.4, -0.2) is 35.3 Å². The summed E-state index contributed by atoms with van der Waals surface area (Å²) in [6, 6.07) is 0. The van der Waals surface area contributed by atoms with Crippen molar-refractivity contribution in [3.05, 3.63) is 16.1 Å². The normalized spacial score (nSPS) is 19.1. The summed E-state index contributed by atoms with van der Waals surface area (Å²) in [7, 11) is 3.60. The van der Waals surface area contributed by atoms with Gasteiger partial charge in [0, 0.05) is 6.20 Å². The van der Waals surface area contributed by atoms with E-state index in [1.54, 1.807) is 14.1 Å². The van der Waals surface area contributed by atoms with Crippen molar-refractivity contribution in [2.45, 2.75) is 37.4 Å². The van der Waals surface area contributed by atoms with E-state index >= 15 is 0 Å². The molecule has 1 aromatic heterocycles. The fraction of sp³-hybridized carbons (Fsp3) is 0.667. The van der Waals surface area contributed by atoms with Gasteiger partial charge >= 0.3 is 6.18 Å². The first kappa shape index (κ1) is 14.5. The molecule has 1 aromatic rings. The molecule has 0 amide bonds. The van der Waals surface area contributed by atoms with E-state index < -0.39 is 16.7 Å². The lowest BCUT2D eigenvalue weighted by Crippen LogP contribution is -2.48. The van der Waals surface area contributed by atoms with Gasteiger partial charge in [-0.05, 0) is 26.9 Å². The first-order valence-corrected chi connectivity index (χ1v) is 6.84. The molecule has 0 atom stereocenters. The topological polar surface area (TPSA) is 33.2 Å². The maximum absolute atomic E-state index is 12.5. The molecule has 1 heterocycles. The van der Waals surface area contributed by atoms with Crippen LogP contribution in [0, 0.1) is 0 Å². The number of ketones is 1. The second-order valence-corrected chi connectivity index (χ2v) is 6.02. The largest absolute Gasteiger partial charge is 0.443 e. The zero-order valence-corrected chi connectivity index (χ0v) is 11.6. The van der Waals surface area contributed by atoms with Crippen LogP contribution in [0.2, 0.25) is 0 Å². The first-order valence-electron chi connectivity index (χ1n) is 6.02. The minimum Gasteiger partial charge on any atom is -0.297 e. The third-order valence-corrected chi connectivity index (χ3v) is 4.72. The molecule has 0 aliphatic heterocycles. The molecule has 0 N–H and O–H groups in total. The van der Waals surface area contributed by atoms with Crippen molar-refractivity contribution in [3.63, 3.8) is 0 Å². The zero-order chi connectivity index (χ0) is 14.3. The molecular weight excluding hydrogens is 277 g/mol. The minimum atomic E-state index is -4.48. The Bertz CT molecular complexity index is 476. The number of likely N-dealkylation sites (N-methyl/N-ethyl adjacent to an activating group) is 1. The van der Waals surface area contributed by atoms with Crippen LogP contribution in [0.15, 0.2) is 6.20 Å². The fourth-order valence-electron chi connectivity index (χ4n) is 2.58. The third-order valence-electron chi connectivity index (χ3n) is 3.68. The highest BCUT2D eigenvalue weighted by Gasteiger charge is 2.45. The number of rotatable bonds is 3. The highest BCUT2D eigenvalue weighted by molar-refractivity contribution is 7.13. The van der Waals surface area contributed by atoms with Gasteiger partial charge in [-0.3, -0.25) is 9.69 Å². The Morgan fingerprint density at radius 2 is 1.95 bits per heavy atom. The van der Waals surface area contributed by atoms with Crippen LogP contribution in [0.3, 0.4) is 0 Å². The lowest BCUT2D eigenvalue weighted by Gasteiger charge is -2.34. The summed E-state index contributed by atoms with van der Waals surface area (Å²) in [6.07, 6.45) is -0.191. The maximum atomic E-state index is 12.5. The summed E-state index contributed by atoms with van der Waals surface area (Å²) in [6.45, 7) is 0. The highest BCUT2D eigenvalue weighted by Crippen LogP contribution is 2.39. The summed E-state index contributed by atoms with van der Waals surface area (Å²) < 4.78 is 37.6. The fourth-order valence-corrected chi connectivity index (χ4v) is 3.39. The van der Waals surface area contributed by atoms with Gasteiger partial charge in [-0.15, -0.1) is 11.3 Å². The molecule has 1 aliphatic rings. The third kappa shape index (κ3) is 2.53. The number of hydrogen-bond acceptors (Lipinski definition) is 4. The van der Waals surface area contributed by atoms with Gasteiger partial charge < -0.3 is 0 Å². The Morgan fingerprint density at radius 3 is 2.37 bits per heavy atom. The Balaban J connectivity index is 2.31. The molecule has 1 saturated carbocycles. The highest BCUT2D eigenvalue weighted by atomic mass is 32.1. The Kier molecular flexibility index (Phi) is 3.70. The smallest absolute Gasteiger partial charge is 0.297 e. The predicted molar refractivity (Wildman–Crippen MR) is 66.3 cm³/mol. The molecule has 0 radical (unpaired) electrons. The number of hydrogen-bond donors (Lipinski definition) is 0. The zero-order valence-electron chi connectivity index (χ0n) is 10.8. The molecule has 3 nitrogen and oxygen atoms in total. The minimum absolute atomic E-state index is 0.0999. The van der Waals surface area contributed by atoms with Crippen LogP contribution in [0.5, 0.6) is 0 Å². The standard InChI is InChI=1S/C12H15F3N2OS/c1-17(2)11(5-3-4-6-11)9(18)8-7-16-10(19-8)12(13,14)15/h7H,3-6H2,1-2H3. The van der Waals surface area contributed by atoms with Crippen LogP contribution < -0.4 is 0 Å². The molecule has 0 saturated heterocycles. The summed E-state index contributed by atoms with van der Waals surface area (Å²) in [5, 5.41) is -0.956. The van der Waals surface area contributed by atoms with E-state index in [2.05, 4.69) is 4.98 Å². The Morgan fingerprint density at radius 1 is 1.37 bits per heavy atom. The second-order valence-electron chi connectivity index (χ2n) is 4.99. The quantitative estimate of drug-likeness (QED) is 0.802. The van der Waals surface area contributed by atoms with Crippen molar-refractivity contribution in [3.8, 4) is 0 Å². The van der Waals surface area contributed by atoms with Crippen molar-refractivity contribution >= 4 is 17.1 Å². The number of halogens is 3. The number of Topliss-reactive ketones (excluding diaryl/α,β-unsaturated/α-hetero) is 1. The molecule has 0 bridgehead atoms. The summed E-state index contributed by atoms with van der Waals surface area (Å²) in [5.41, 5.74) is -0.657. The van der Waals surface area contributed by atoms with E-state index in [9.17, 15) is 18.0 Å². The van der Waals surface area contributed by atoms with Crippen molar-refractivity contribution < 1.29 is 18.0 Å². The van der Waals surface area contributed by atoms with E-state index in [1.165, 1.54) is 0 Å². The van der Waals surface area contributed by atoms with Crippen LogP contribution in [0.4, 0.5) is 13.2 Å². The Hall–Kier alpha value is -0.950. The lowest BCUT2D eigenvalue weighted by atomic mass is 9.90. The molecule has 19 heavy (non-hydrogen) atoms. The van der Waals surface area contributed by atoms with Gasteiger partial charge in [-0.2, -0.15) is 13.2 Å². The van der Waals surface area contributed by atoms with E-state index in [4.69, 9.17) is 0 Å². The van der Waals surface area contributed by atoms with Gasteiger partial charge in [0.15, 0.2) is 10.8 Å². The van der Waals surface area contributed by atoms with Crippen LogP contribution >= 0.6 is 11.3 Å². The summed E-state index contributed by atoms with van der Waals surface area (Å²) >= 11 is 0.438. The average Bonchev–Trinajstić information content (AvgIpc) is 2.97. The van der Waals surface area contributed by atoms with Crippen molar-refractivity contribution in [2.24, 2.45) is 0 Å². The summed E-state index contributed by atoms with van der Waals surface area (Å²) in [4.78, 5) is 17.8. The molecule has 1 fully saturated rings. The van der Waals surface area contributed by atoms with E-state index in [-0.39, 0.29) is 10.7 Å². The number of thiazole rings is 1. The summed E-state index contributed by atoms with van der Waals surface area (Å²) in [5.74, 6) is -0.233. The van der Waals surface area contributed by atoms with E-state index in [0.29, 0.717) is 24.2 Å². The molecule has 0 unspecified atom stereocenters.